The molecule has 0 radical (unpaired) electrons. The van der Waals surface area contributed by atoms with E-state index in [9.17, 15) is 4.79 Å². The molecule has 2 amide bonds. The third kappa shape index (κ3) is 4.72. The highest BCUT2D eigenvalue weighted by molar-refractivity contribution is 6.35. The van der Waals surface area contributed by atoms with Crippen LogP contribution in [0.15, 0.2) is 18.2 Å². The molecule has 0 heterocycles. The molecule has 0 saturated carbocycles. The first kappa shape index (κ1) is 15.1. The molecule has 1 unspecified atom stereocenters. The van der Waals surface area contributed by atoms with E-state index in [-0.39, 0.29) is 18.7 Å². The summed E-state index contributed by atoms with van der Waals surface area (Å²) in [5.74, 6) is 0. The molecule has 0 bridgehead atoms. The first-order valence-electron chi connectivity index (χ1n) is 5.62. The van der Waals surface area contributed by atoms with Gasteiger partial charge in [-0.25, -0.2) is 4.79 Å². The van der Waals surface area contributed by atoms with Crippen molar-refractivity contribution in [2.24, 2.45) is 0 Å². The van der Waals surface area contributed by atoms with Gasteiger partial charge in [-0.1, -0.05) is 29.3 Å². The number of aliphatic hydroxyl groups is 1. The zero-order valence-corrected chi connectivity index (χ0v) is 11.6. The lowest BCUT2D eigenvalue weighted by atomic mass is 10.1. The van der Waals surface area contributed by atoms with Crippen LogP contribution in [-0.4, -0.2) is 30.3 Å². The summed E-state index contributed by atoms with van der Waals surface area (Å²) in [6.07, 6.45) is 0.555. The van der Waals surface area contributed by atoms with E-state index < -0.39 is 0 Å². The maximum atomic E-state index is 11.4. The van der Waals surface area contributed by atoms with Gasteiger partial charge >= 0.3 is 6.03 Å². The number of carbonyl (C=O) groups is 1. The molecule has 0 aromatic heterocycles. The Hall–Kier alpha value is -0.970. The van der Waals surface area contributed by atoms with Crippen molar-refractivity contribution in [3.63, 3.8) is 0 Å². The van der Waals surface area contributed by atoms with E-state index in [4.69, 9.17) is 28.3 Å². The molecule has 1 atom stereocenters. The van der Waals surface area contributed by atoms with E-state index in [1.807, 2.05) is 0 Å². The van der Waals surface area contributed by atoms with Gasteiger partial charge in [0, 0.05) is 16.6 Å². The van der Waals surface area contributed by atoms with Crippen molar-refractivity contribution in [2.45, 2.75) is 19.4 Å². The molecule has 0 spiro atoms. The molecule has 1 aromatic carbocycles. The van der Waals surface area contributed by atoms with Gasteiger partial charge in [0.2, 0.25) is 0 Å². The largest absolute Gasteiger partial charge is 0.394 e. The number of hydrogen-bond acceptors (Lipinski definition) is 2. The minimum absolute atomic E-state index is 0.0935. The molecule has 0 aliphatic carbocycles. The van der Waals surface area contributed by atoms with E-state index in [0.29, 0.717) is 23.0 Å². The smallest absolute Gasteiger partial charge is 0.315 e. The summed E-state index contributed by atoms with van der Waals surface area (Å²) in [6.45, 7) is 2.04. The van der Waals surface area contributed by atoms with E-state index in [1.54, 1.807) is 25.1 Å². The predicted molar refractivity (Wildman–Crippen MR) is 73.2 cm³/mol. The Bertz CT molecular complexity index is 393. The maximum absolute atomic E-state index is 11.4. The summed E-state index contributed by atoms with van der Waals surface area (Å²) in [4.78, 5) is 11.4. The fourth-order valence-electron chi connectivity index (χ4n) is 1.39. The number of urea groups is 1. The molecule has 4 nitrogen and oxygen atoms in total. The van der Waals surface area contributed by atoms with Gasteiger partial charge in [-0.05, 0) is 31.0 Å². The average Bonchev–Trinajstić information content (AvgIpc) is 2.32. The van der Waals surface area contributed by atoms with Crippen LogP contribution in [0.2, 0.25) is 10.0 Å². The van der Waals surface area contributed by atoms with E-state index in [1.165, 1.54) is 0 Å². The van der Waals surface area contributed by atoms with Crippen LogP contribution in [0.5, 0.6) is 0 Å². The lowest BCUT2D eigenvalue weighted by Crippen LogP contribution is -2.42. The van der Waals surface area contributed by atoms with Crippen molar-refractivity contribution >= 4 is 29.2 Å². The number of halogens is 2. The number of nitrogens with one attached hydrogen (secondary N) is 2. The topological polar surface area (TPSA) is 61.4 Å². The molecule has 0 fully saturated rings. The summed E-state index contributed by atoms with van der Waals surface area (Å²) in [5.41, 5.74) is 0.816. The van der Waals surface area contributed by atoms with Crippen molar-refractivity contribution in [3.05, 3.63) is 33.8 Å². The Labute approximate surface area is 116 Å². The van der Waals surface area contributed by atoms with Crippen molar-refractivity contribution < 1.29 is 9.90 Å². The first-order chi connectivity index (χ1) is 8.54. The molecule has 100 valence electrons. The fourth-order valence-corrected chi connectivity index (χ4v) is 1.98. The van der Waals surface area contributed by atoms with Gasteiger partial charge in [-0.15, -0.1) is 0 Å². The van der Waals surface area contributed by atoms with Gasteiger partial charge in [0.25, 0.3) is 0 Å². The SMILES string of the molecule is CC(CO)NC(=O)NCCc1c(Cl)cccc1Cl. The summed E-state index contributed by atoms with van der Waals surface area (Å²) >= 11 is 12.0. The highest BCUT2D eigenvalue weighted by Gasteiger charge is 2.07. The van der Waals surface area contributed by atoms with Gasteiger partial charge in [0.05, 0.1) is 12.6 Å². The van der Waals surface area contributed by atoms with Crippen molar-refractivity contribution in [1.82, 2.24) is 10.6 Å². The Morgan fingerprint density at radius 2 is 2.00 bits per heavy atom. The van der Waals surface area contributed by atoms with Gasteiger partial charge in [0.1, 0.15) is 0 Å². The molecule has 18 heavy (non-hydrogen) atoms. The van der Waals surface area contributed by atoms with Crippen LogP contribution in [0.1, 0.15) is 12.5 Å². The Kier molecular flexibility index (Phi) is 6.25. The molecule has 3 N–H and O–H groups in total. The highest BCUT2D eigenvalue weighted by atomic mass is 35.5. The molecule has 6 heteroatoms. The van der Waals surface area contributed by atoms with Crippen LogP contribution in [-0.2, 0) is 6.42 Å². The van der Waals surface area contributed by atoms with Crippen LogP contribution in [0.4, 0.5) is 4.79 Å². The van der Waals surface area contributed by atoms with Crippen molar-refractivity contribution in [2.75, 3.05) is 13.2 Å². The predicted octanol–water partition coefficient (Wildman–Crippen LogP) is 2.22. The van der Waals surface area contributed by atoms with Crippen LogP contribution in [0, 0.1) is 0 Å². The van der Waals surface area contributed by atoms with Crippen molar-refractivity contribution in [3.8, 4) is 0 Å². The van der Waals surface area contributed by atoms with Gasteiger partial charge in [-0.3, -0.25) is 0 Å². The third-order valence-corrected chi connectivity index (χ3v) is 3.08. The Morgan fingerprint density at radius 3 is 2.56 bits per heavy atom. The van der Waals surface area contributed by atoms with E-state index in [0.717, 1.165) is 5.56 Å². The number of hydrogen-bond donors (Lipinski definition) is 3. The van der Waals surface area contributed by atoms with Crippen molar-refractivity contribution in [1.29, 1.82) is 0 Å². The quantitative estimate of drug-likeness (QED) is 0.779. The van der Waals surface area contributed by atoms with Crippen LogP contribution < -0.4 is 10.6 Å². The fraction of sp³-hybridized carbons (Fsp3) is 0.417. The molecule has 1 rings (SSSR count). The number of aliphatic hydroxyl groups excluding tert-OH is 1. The Morgan fingerprint density at radius 1 is 1.39 bits per heavy atom. The second-order valence-corrected chi connectivity index (χ2v) is 4.75. The monoisotopic (exact) mass is 290 g/mol. The minimum atomic E-state index is -0.320. The first-order valence-corrected chi connectivity index (χ1v) is 6.38. The van der Waals surface area contributed by atoms with Gasteiger partial charge in [0.15, 0.2) is 0 Å². The Balaban J connectivity index is 2.40. The van der Waals surface area contributed by atoms with Crippen LogP contribution in [0.25, 0.3) is 0 Å². The van der Waals surface area contributed by atoms with E-state index >= 15 is 0 Å². The lowest BCUT2D eigenvalue weighted by molar-refractivity contribution is 0.220. The van der Waals surface area contributed by atoms with Crippen LogP contribution in [0.3, 0.4) is 0 Å². The molecule has 0 saturated heterocycles. The molecule has 0 aliphatic rings. The number of rotatable bonds is 5. The second kappa shape index (κ2) is 7.46. The summed E-state index contributed by atoms with van der Waals surface area (Å²) in [6, 6.07) is 4.71. The number of amides is 2. The summed E-state index contributed by atoms with van der Waals surface area (Å²) in [7, 11) is 0. The normalized spacial score (nSPS) is 12.0. The minimum Gasteiger partial charge on any atom is -0.394 e. The molecular weight excluding hydrogens is 275 g/mol. The zero-order chi connectivity index (χ0) is 13.5. The molecular formula is C12H16Cl2N2O2. The standard InChI is InChI=1S/C12H16Cl2N2O2/c1-8(7-17)16-12(18)15-6-5-9-10(13)3-2-4-11(9)14/h2-4,8,17H,5-7H2,1H3,(H2,15,16,18). The maximum Gasteiger partial charge on any atom is 0.315 e. The van der Waals surface area contributed by atoms with Gasteiger partial charge < -0.3 is 15.7 Å². The lowest BCUT2D eigenvalue weighted by Gasteiger charge is -2.12. The third-order valence-electron chi connectivity index (χ3n) is 2.37. The van der Waals surface area contributed by atoms with Crippen LogP contribution >= 0.6 is 23.2 Å². The van der Waals surface area contributed by atoms with E-state index in [2.05, 4.69) is 10.6 Å². The molecule has 0 aliphatic heterocycles. The molecule has 1 aromatic rings. The summed E-state index contributed by atoms with van der Waals surface area (Å²) < 4.78 is 0. The number of carbonyl (C=O) groups excluding carboxylic acids is 1. The highest BCUT2D eigenvalue weighted by Crippen LogP contribution is 2.24. The zero-order valence-electron chi connectivity index (χ0n) is 10.0. The average molecular weight is 291 g/mol. The summed E-state index contributed by atoms with van der Waals surface area (Å²) in [5, 5.41) is 15.2. The second-order valence-electron chi connectivity index (χ2n) is 3.93. The van der Waals surface area contributed by atoms with Gasteiger partial charge in [-0.2, -0.15) is 0 Å². The number of benzene rings is 1.